The normalized spacial score (nSPS) is 14.9. The van der Waals surface area contributed by atoms with Gasteiger partial charge >= 0.3 is 5.97 Å². The van der Waals surface area contributed by atoms with E-state index in [9.17, 15) is 9.59 Å². The van der Waals surface area contributed by atoms with Gasteiger partial charge in [-0.1, -0.05) is 54.6 Å². The monoisotopic (exact) mass is 458 g/mol. The van der Waals surface area contributed by atoms with Crippen molar-refractivity contribution >= 4 is 28.8 Å². The smallest absolute Gasteiger partial charge is 0.342 e. The number of piperazine rings is 1. The van der Waals surface area contributed by atoms with Crippen LogP contribution in [0.15, 0.2) is 78.9 Å². The lowest BCUT2D eigenvalue weighted by Crippen LogP contribution is -2.55. The lowest BCUT2D eigenvalue weighted by molar-refractivity contribution is 0.0603. The summed E-state index contributed by atoms with van der Waals surface area (Å²) in [6, 6.07) is 24.5. The molecule has 1 unspecified atom stereocenters. The molecule has 0 radical (unpaired) electrons. The van der Waals surface area contributed by atoms with E-state index < -0.39 is 12.0 Å². The van der Waals surface area contributed by atoms with Gasteiger partial charge in [0, 0.05) is 49.7 Å². The number of ketones is 1. The van der Waals surface area contributed by atoms with Gasteiger partial charge in [-0.3, -0.25) is 9.69 Å². The van der Waals surface area contributed by atoms with Crippen molar-refractivity contribution in [1.82, 2.24) is 4.90 Å². The van der Waals surface area contributed by atoms with Crippen molar-refractivity contribution in [3.05, 3.63) is 90.0 Å². The Hall–Kier alpha value is -3.84. The fourth-order valence-corrected chi connectivity index (χ4v) is 4.37. The molecular weight excluding hydrogens is 428 g/mol. The summed E-state index contributed by atoms with van der Waals surface area (Å²) in [5, 5.41) is 3.30. The molecule has 0 bridgehead atoms. The zero-order valence-corrected chi connectivity index (χ0v) is 19.3. The van der Waals surface area contributed by atoms with Gasteiger partial charge in [0.25, 0.3) is 0 Å². The van der Waals surface area contributed by atoms with Gasteiger partial charge in [-0.25, -0.2) is 4.79 Å². The Labute approximate surface area is 200 Å². The fraction of sp³-hybridized carbons (Fsp3) is 0.259. The summed E-state index contributed by atoms with van der Waals surface area (Å²) < 4.78 is 4.91. The molecule has 34 heavy (non-hydrogen) atoms. The first-order valence-corrected chi connectivity index (χ1v) is 11.4. The van der Waals surface area contributed by atoms with Crippen LogP contribution < -0.4 is 16.0 Å². The molecule has 3 N–H and O–H groups in total. The van der Waals surface area contributed by atoms with Crippen LogP contribution in [0.4, 0.5) is 17.1 Å². The SMILES string of the molecule is COC(=O)c1c(N)cccc1NCC(C(=O)c1ccccc1)N1CCN(c2ccccc2)CC1. The number of nitrogens with one attached hydrogen (secondary N) is 1. The number of anilines is 3. The molecule has 0 saturated carbocycles. The molecule has 1 aliphatic rings. The molecule has 1 aliphatic heterocycles. The number of hydrogen-bond acceptors (Lipinski definition) is 7. The number of carbonyl (C=O) groups excluding carboxylic acids is 2. The molecule has 0 aliphatic carbocycles. The van der Waals surface area contributed by atoms with E-state index in [1.165, 1.54) is 12.8 Å². The first kappa shape index (κ1) is 23.3. The lowest BCUT2D eigenvalue weighted by atomic mass is 10.0. The number of benzene rings is 3. The van der Waals surface area contributed by atoms with Crippen LogP contribution in [0.25, 0.3) is 0 Å². The Morgan fingerprint density at radius 2 is 1.56 bits per heavy atom. The van der Waals surface area contributed by atoms with Crippen LogP contribution in [0, 0.1) is 0 Å². The molecule has 4 rings (SSSR count). The summed E-state index contributed by atoms with van der Waals surface area (Å²) in [6.45, 7) is 3.50. The average molecular weight is 459 g/mol. The Balaban J connectivity index is 1.54. The van der Waals surface area contributed by atoms with Crippen molar-refractivity contribution in [2.24, 2.45) is 0 Å². The topological polar surface area (TPSA) is 87.9 Å². The Morgan fingerprint density at radius 1 is 0.912 bits per heavy atom. The number of para-hydroxylation sites is 1. The molecule has 7 heteroatoms. The van der Waals surface area contributed by atoms with Crippen LogP contribution in [0.5, 0.6) is 0 Å². The highest BCUT2D eigenvalue weighted by molar-refractivity contribution is 6.02. The predicted octanol–water partition coefficient (Wildman–Crippen LogP) is 3.54. The third-order valence-electron chi connectivity index (χ3n) is 6.21. The molecule has 1 heterocycles. The van der Waals surface area contributed by atoms with Crippen molar-refractivity contribution in [1.29, 1.82) is 0 Å². The second-order valence-electron chi connectivity index (χ2n) is 8.25. The molecule has 176 valence electrons. The van der Waals surface area contributed by atoms with Crippen LogP contribution in [0.3, 0.4) is 0 Å². The number of Topliss-reactive ketones (excluding diaryl/α,β-unsaturated/α-hetero) is 1. The van der Waals surface area contributed by atoms with Crippen LogP contribution in [0.2, 0.25) is 0 Å². The quantitative estimate of drug-likeness (QED) is 0.303. The maximum absolute atomic E-state index is 13.5. The van der Waals surface area contributed by atoms with Gasteiger partial charge in [0.2, 0.25) is 0 Å². The summed E-state index contributed by atoms with van der Waals surface area (Å²) in [4.78, 5) is 30.4. The predicted molar refractivity (Wildman–Crippen MR) is 135 cm³/mol. The van der Waals surface area contributed by atoms with Gasteiger partial charge in [-0.15, -0.1) is 0 Å². The molecule has 7 nitrogen and oxygen atoms in total. The minimum absolute atomic E-state index is 0.0461. The van der Waals surface area contributed by atoms with Crippen LogP contribution >= 0.6 is 0 Å². The van der Waals surface area contributed by atoms with E-state index in [0.29, 0.717) is 23.5 Å². The number of nitrogens with zero attached hydrogens (tertiary/aromatic N) is 2. The van der Waals surface area contributed by atoms with E-state index in [0.717, 1.165) is 26.2 Å². The van der Waals surface area contributed by atoms with Crippen molar-refractivity contribution < 1.29 is 14.3 Å². The van der Waals surface area contributed by atoms with Crippen molar-refractivity contribution in [2.75, 3.05) is 55.8 Å². The Morgan fingerprint density at radius 3 is 2.21 bits per heavy atom. The van der Waals surface area contributed by atoms with E-state index in [4.69, 9.17) is 10.5 Å². The van der Waals surface area contributed by atoms with Gasteiger partial charge in [-0.05, 0) is 24.3 Å². The van der Waals surface area contributed by atoms with Crippen molar-refractivity contribution in [3.8, 4) is 0 Å². The maximum Gasteiger partial charge on any atom is 0.342 e. The minimum Gasteiger partial charge on any atom is -0.465 e. The van der Waals surface area contributed by atoms with E-state index in [1.54, 1.807) is 18.2 Å². The number of ether oxygens (including phenoxy) is 1. The molecule has 1 saturated heterocycles. The third-order valence-corrected chi connectivity index (χ3v) is 6.21. The first-order chi connectivity index (χ1) is 16.6. The summed E-state index contributed by atoms with van der Waals surface area (Å²) in [5.41, 5.74) is 9.07. The molecule has 0 spiro atoms. The zero-order valence-electron chi connectivity index (χ0n) is 19.3. The summed E-state index contributed by atoms with van der Waals surface area (Å²) in [6.07, 6.45) is 0. The second kappa shape index (κ2) is 10.9. The van der Waals surface area contributed by atoms with Gasteiger partial charge in [-0.2, -0.15) is 0 Å². The molecule has 3 aromatic rings. The molecular formula is C27H30N4O3. The molecule has 3 aromatic carbocycles. The third kappa shape index (κ3) is 5.21. The summed E-state index contributed by atoms with van der Waals surface area (Å²) in [5.74, 6) is -0.465. The standard InChI is InChI=1S/C27H30N4O3/c1-34-27(33)25-22(28)13-8-14-23(25)29-19-24(26(32)20-9-4-2-5-10-20)31-17-15-30(16-18-31)21-11-6-3-7-12-21/h2-14,24,29H,15-19,28H2,1H3. The number of carbonyl (C=O) groups is 2. The molecule has 0 amide bonds. The number of esters is 1. The highest BCUT2D eigenvalue weighted by Crippen LogP contribution is 2.24. The van der Waals surface area contributed by atoms with Crippen molar-refractivity contribution in [2.45, 2.75) is 6.04 Å². The second-order valence-corrected chi connectivity index (χ2v) is 8.25. The van der Waals surface area contributed by atoms with E-state index in [2.05, 4.69) is 27.2 Å². The average Bonchev–Trinajstić information content (AvgIpc) is 2.89. The summed E-state index contributed by atoms with van der Waals surface area (Å²) >= 11 is 0. The van der Waals surface area contributed by atoms with E-state index in [-0.39, 0.29) is 11.3 Å². The maximum atomic E-state index is 13.5. The van der Waals surface area contributed by atoms with E-state index in [1.807, 2.05) is 48.5 Å². The number of nitrogens with two attached hydrogens (primary N) is 1. The zero-order chi connectivity index (χ0) is 23.9. The van der Waals surface area contributed by atoms with E-state index >= 15 is 0 Å². The number of rotatable bonds is 8. The molecule has 1 fully saturated rings. The summed E-state index contributed by atoms with van der Waals surface area (Å²) in [7, 11) is 1.33. The lowest BCUT2D eigenvalue weighted by Gasteiger charge is -2.40. The Bertz CT molecular complexity index is 1110. The number of hydrogen-bond donors (Lipinski definition) is 2. The largest absolute Gasteiger partial charge is 0.465 e. The van der Waals surface area contributed by atoms with Gasteiger partial charge in [0.1, 0.15) is 5.56 Å². The fourth-order valence-electron chi connectivity index (χ4n) is 4.37. The number of nitrogen functional groups attached to an aromatic ring is 1. The van der Waals surface area contributed by atoms with Crippen LogP contribution in [0.1, 0.15) is 20.7 Å². The van der Waals surface area contributed by atoms with Crippen LogP contribution in [-0.2, 0) is 4.74 Å². The highest BCUT2D eigenvalue weighted by atomic mass is 16.5. The minimum atomic E-state index is -0.511. The number of methoxy groups -OCH3 is 1. The first-order valence-electron chi connectivity index (χ1n) is 11.4. The molecule has 0 aromatic heterocycles. The van der Waals surface area contributed by atoms with Crippen molar-refractivity contribution in [3.63, 3.8) is 0 Å². The van der Waals surface area contributed by atoms with Gasteiger partial charge in [0.05, 0.1) is 18.8 Å². The van der Waals surface area contributed by atoms with Gasteiger partial charge in [0.15, 0.2) is 5.78 Å². The van der Waals surface area contributed by atoms with Crippen LogP contribution in [-0.4, -0.2) is 62.5 Å². The van der Waals surface area contributed by atoms with Gasteiger partial charge < -0.3 is 20.7 Å². The molecule has 1 atom stereocenters. The highest BCUT2D eigenvalue weighted by Gasteiger charge is 2.30. The Kier molecular flexibility index (Phi) is 7.44.